The van der Waals surface area contributed by atoms with Gasteiger partial charge < -0.3 is 14.8 Å². The van der Waals surface area contributed by atoms with E-state index < -0.39 is 0 Å². The van der Waals surface area contributed by atoms with E-state index >= 15 is 0 Å². The number of ether oxygens (including phenoxy) is 2. The van der Waals surface area contributed by atoms with Crippen LogP contribution in [0.4, 0.5) is 5.69 Å². The molecule has 6 heteroatoms. The number of benzene rings is 2. The SMILES string of the molecule is COc1ccc(NC(=O)CSCc2cccc(Br)c2)cc1OC. The van der Waals surface area contributed by atoms with Crippen LogP contribution in [0.2, 0.25) is 0 Å². The topological polar surface area (TPSA) is 47.6 Å². The maximum atomic E-state index is 12.0. The third-order valence-corrected chi connectivity index (χ3v) is 4.56. The van der Waals surface area contributed by atoms with E-state index in [0.29, 0.717) is 22.9 Å². The van der Waals surface area contributed by atoms with Crippen molar-refractivity contribution in [2.45, 2.75) is 5.75 Å². The van der Waals surface area contributed by atoms with Crippen LogP contribution in [0.25, 0.3) is 0 Å². The zero-order chi connectivity index (χ0) is 16.7. The van der Waals surface area contributed by atoms with Crippen molar-refractivity contribution in [2.75, 3.05) is 25.3 Å². The second-order valence-electron chi connectivity index (χ2n) is 4.74. The van der Waals surface area contributed by atoms with Crippen LogP contribution in [-0.2, 0) is 10.5 Å². The number of rotatable bonds is 7. The lowest BCUT2D eigenvalue weighted by Crippen LogP contribution is -2.14. The van der Waals surface area contributed by atoms with Gasteiger partial charge in [0.05, 0.1) is 20.0 Å². The van der Waals surface area contributed by atoms with Crippen molar-refractivity contribution in [3.05, 3.63) is 52.5 Å². The van der Waals surface area contributed by atoms with Gasteiger partial charge in [-0.2, -0.15) is 0 Å². The summed E-state index contributed by atoms with van der Waals surface area (Å²) >= 11 is 5.01. The van der Waals surface area contributed by atoms with Crippen molar-refractivity contribution in [3.63, 3.8) is 0 Å². The summed E-state index contributed by atoms with van der Waals surface area (Å²) in [7, 11) is 3.14. The minimum absolute atomic E-state index is 0.0442. The quantitative estimate of drug-likeness (QED) is 0.757. The van der Waals surface area contributed by atoms with Gasteiger partial charge in [0.1, 0.15) is 0 Å². The Morgan fingerprint density at radius 3 is 2.61 bits per heavy atom. The van der Waals surface area contributed by atoms with Crippen molar-refractivity contribution in [1.29, 1.82) is 0 Å². The van der Waals surface area contributed by atoms with Gasteiger partial charge in [0, 0.05) is 22.0 Å². The summed E-state index contributed by atoms with van der Waals surface area (Å²) in [5.74, 6) is 2.36. The van der Waals surface area contributed by atoms with E-state index in [2.05, 4.69) is 27.3 Å². The Hall–Kier alpha value is -1.66. The largest absolute Gasteiger partial charge is 0.493 e. The maximum absolute atomic E-state index is 12.0. The van der Waals surface area contributed by atoms with Gasteiger partial charge in [-0.3, -0.25) is 4.79 Å². The standard InChI is InChI=1S/C17H18BrNO3S/c1-21-15-7-6-14(9-16(15)22-2)19-17(20)11-23-10-12-4-3-5-13(18)8-12/h3-9H,10-11H2,1-2H3,(H,19,20). The van der Waals surface area contributed by atoms with Crippen LogP contribution in [0.15, 0.2) is 46.9 Å². The minimum Gasteiger partial charge on any atom is -0.493 e. The number of nitrogens with one attached hydrogen (secondary N) is 1. The molecule has 0 atom stereocenters. The van der Waals surface area contributed by atoms with Crippen molar-refractivity contribution < 1.29 is 14.3 Å². The van der Waals surface area contributed by atoms with Crippen LogP contribution in [0.3, 0.4) is 0 Å². The number of amides is 1. The average Bonchev–Trinajstić information content (AvgIpc) is 2.54. The molecule has 0 bridgehead atoms. The van der Waals surface area contributed by atoms with Crippen LogP contribution in [0.1, 0.15) is 5.56 Å². The van der Waals surface area contributed by atoms with Crippen LogP contribution < -0.4 is 14.8 Å². The molecule has 0 aliphatic rings. The molecule has 0 fully saturated rings. The third-order valence-electron chi connectivity index (χ3n) is 3.06. The average molecular weight is 396 g/mol. The lowest BCUT2D eigenvalue weighted by Gasteiger charge is -2.10. The monoisotopic (exact) mass is 395 g/mol. The first-order valence-electron chi connectivity index (χ1n) is 6.96. The first-order chi connectivity index (χ1) is 11.1. The van der Waals surface area contributed by atoms with Crippen LogP contribution in [0, 0.1) is 0 Å². The van der Waals surface area contributed by atoms with Gasteiger partial charge >= 0.3 is 0 Å². The predicted molar refractivity (Wildman–Crippen MR) is 98.5 cm³/mol. The molecule has 122 valence electrons. The van der Waals surface area contributed by atoms with Crippen LogP contribution in [-0.4, -0.2) is 25.9 Å². The molecular formula is C17H18BrNO3S. The third kappa shape index (κ3) is 5.48. The summed E-state index contributed by atoms with van der Waals surface area (Å²) in [6.45, 7) is 0. The Morgan fingerprint density at radius 1 is 1.13 bits per heavy atom. The molecule has 0 spiro atoms. The second-order valence-corrected chi connectivity index (χ2v) is 6.64. The van der Waals surface area contributed by atoms with Gasteiger partial charge in [-0.1, -0.05) is 28.1 Å². The number of carbonyl (C=O) groups is 1. The van der Waals surface area contributed by atoms with E-state index in [1.165, 1.54) is 5.56 Å². The highest BCUT2D eigenvalue weighted by Crippen LogP contribution is 2.29. The number of carbonyl (C=O) groups excluding carboxylic acids is 1. The van der Waals surface area contributed by atoms with Crippen LogP contribution >= 0.6 is 27.7 Å². The lowest BCUT2D eigenvalue weighted by atomic mass is 10.2. The Balaban J connectivity index is 1.85. The number of anilines is 1. The molecule has 2 aromatic rings. The van der Waals surface area contributed by atoms with Crippen molar-refractivity contribution in [2.24, 2.45) is 0 Å². The van der Waals surface area contributed by atoms with Gasteiger partial charge in [-0.25, -0.2) is 0 Å². The molecule has 0 aromatic heterocycles. The van der Waals surface area contributed by atoms with E-state index in [1.807, 2.05) is 18.2 Å². The molecule has 0 aliphatic heterocycles. The molecule has 0 unspecified atom stereocenters. The van der Waals surface area contributed by atoms with Crippen molar-refractivity contribution >= 4 is 39.3 Å². The molecule has 1 amide bonds. The van der Waals surface area contributed by atoms with Gasteiger partial charge in [0.2, 0.25) is 5.91 Å². The van der Waals surface area contributed by atoms with Gasteiger partial charge in [0.15, 0.2) is 11.5 Å². The van der Waals surface area contributed by atoms with Crippen molar-refractivity contribution in [3.8, 4) is 11.5 Å². The molecule has 1 N–H and O–H groups in total. The minimum atomic E-state index is -0.0442. The van der Waals surface area contributed by atoms with Gasteiger partial charge in [0.25, 0.3) is 0 Å². The summed E-state index contributed by atoms with van der Waals surface area (Å²) < 4.78 is 11.4. The van der Waals surface area contributed by atoms with Crippen molar-refractivity contribution in [1.82, 2.24) is 0 Å². The zero-order valence-corrected chi connectivity index (χ0v) is 15.4. The fourth-order valence-corrected chi connectivity index (χ4v) is 3.22. The zero-order valence-electron chi connectivity index (χ0n) is 13.0. The highest BCUT2D eigenvalue weighted by atomic mass is 79.9. The molecule has 0 saturated heterocycles. The number of thioether (sulfide) groups is 1. The van der Waals surface area contributed by atoms with E-state index in [-0.39, 0.29) is 5.91 Å². The molecule has 4 nitrogen and oxygen atoms in total. The first-order valence-corrected chi connectivity index (χ1v) is 8.91. The summed E-state index contributed by atoms with van der Waals surface area (Å²) in [6.07, 6.45) is 0. The first kappa shape index (κ1) is 17.7. The molecule has 0 saturated carbocycles. The number of halogens is 1. The smallest absolute Gasteiger partial charge is 0.234 e. The Bertz CT molecular complexity index is 679. The Labute approximate surface area is 148 Å². The summed E-state index contributed by atoms with van der Waals surface area (Å²) in [5.41, 5.74) is 1.87. The molecule has 2 aromatic carbocycles. The molecule has 23 heavy (non-hydrogen) atoms. The summed E-state index contributed by atoms with van der Waals surface area (Å²) in [5, 5.41) is 2.86. The number of hydrogen-bond donors (Lipinski definition) is 1. The van der Waals surface area contributed by atoms with E-state index in [0.717, 1.165) is 10.2 Å². The van der Waals surface area contributed by atoms with Gasteiger partial charge in [-0.15, -0.1) is 11.8 Å². The molecule has 0 radical (unpaired) electrons. The summed E-state index contributed by atoms with van der Waals surface area (Å²) in [6, 6.07) is 13.4. The highest BCUT2D eigenvalue weighted by molar-refractivity contribution is 9.10. The van der Waals surface area contributed by atoms with E-state index in [9.17, 15) is 4.79 Å². The predicted octanol–water partition coefficient (Wildman–Crippen LogP) is 4.34. The fraction of sp³-hybridized carbons (Fsp3) is 0.235. The van der Waals surface area contributed by atoms with Gasteiger partial charge in [-0.05, 0) is 29.8 Å². The lowest BCUT2D eigenvalue weighted by molar-refractivity contribution is -0.113. The Morgan fingerprint density at radius 2 is 1.91 bits per heavy atom. The normalized spacial score (nSPS) is 10.2. The van der Waals surface area contributed by atoms with E-state index in [4.69, 9.17) is 9.47 Å². The fourth-order valence-electron chi connectivity index (χ4n) is 2.00. The van der Waals surface area contributed by atoms with Crippen LogP contribution in [0.5, 0.6) is 11.5 Å². The van der Waals surface area contributed by atoms with E-state index in [1.54, 1.807) is 44.2 Å². The molecule has 0 heterocycles. The highest BCUT2D eigenvalue weighted by Gasteiger charge is 2.07. The number of methoxy groups -OCH3 is 2. The molecule has 2 rings (SSSR count). The number of hydrogen-bond acceptors (Lipinski definition) is 4. The maximum Gasteiger partial charge on any atom is 0.234 e. The second kappa shape index (κ2) is 8.84. The Kier molecular flexibility index (Phi) is 6.80. The summed E-state index contributed by atoms with van der Waals surface area (Å²) in [4.78, 5) is 12.0. The molecule has 0 aliphatic carbocycles. The molecular weight excluding hydrogens is 378 g/mol.